The van der Waals surface area contributed by atoms with Gasteiger partial charge in [-0.25, -0.2) is 0 Å². The van der Waals surface area contributed by atoms with Gasteiger partial charge in [0.2, 0.25) is 0 Å². The molecule has 0 saturated carbocycles. The van der Waals surface area contributed by atoms with E-state index in [9.17, 15) is 4.79 Å². The van der Waals surface area contributed by atoms with Crippen LogP contribution in [0.1, 0.15) is 28.4 Å². The van der Waals surface area contributed by atoms with Crippen molar-refractivity contribution in [2.24, 2.45) is 4.99 Å². The summed E-state index contributed by atoms with van der Waals surface area (Å²) in [4.78, 5) is 18.2. The van der Waals surface area contributed by atoms with E-state index in [1.54, 1.807) is 30.8 Å². The van der Waals surface area contributed by atoms with Gasteiger partial charge in [-0.05, 0) is 67.9 Å². The predicted molar refractivity (Wildman–Crippen MR) is 105 cm³/mol. The highest BCUT2D eigenvalue weighted by atomic mass is 32.2. The van der Waals surface area contributed by atoms with Crippen LogP contribution in [0.15, 0.2) is 87.6 Å². The van der Waals surface area contributed by atoms with Crippen molar-refractivity contribution in [1.82, 2.24) is 0 Å². The van der Waals surface area contributed by atoms with Crippen molar-refractivity contribution in [2.45, 2.75) is 23.6 Å². The van der Waals surface area contributed by atoms with Crippen LogP contribution < -0.4 is 0 Å². The van der Waals surface area contributed by atoms with Gasteiger partial charge in [0, 0.05) is 21.6 Å². The van der Waals surface area contributed by atoms with E-state index < -0.39 is 0 Å². The molecule has 25 heavy (non-hydrogen) atoms. The summed E-state index contributed by atoms with van der Waals surface area (Å²) in [6.45, 7) is 3.66. The summed E-state index contributed by atoms with van der Waals surface area (Å²) in [6, 6.07) is 24.2. The van der Waals surface area contributed by atoms with E-state index in [-0.39, 0.29) is 5.78 Å². The van der Waals surface area contributed by atoms with E-state index >= 15 is 0 Å². The molecule has 3 aromatic carbocycles. The second-order valence-corrected chi connectivity index (χ2v) is 6.99. The molecule has 0 radical (unpaired) electrons. The highest BCUT2D eigenvalue weighted by Crippen LogP contribution is 2.27. The van der Waals surface area contributed by atoms with E-state index in [0.717, 1.165) is 11.3 Å². The van der Waals surface area contributed by atoms with E-state index in [1.807, 2.05) is 18.3 Å². The number of rotatable bonds is 5. The number of ketones is 1. The zero-order chi connectivity index (χ0) is 17.6. The number of carbonyl (C=O) groups excluding carboxylic acids is 1. The summed E-state index contributed by atoms with van der Waals surface area (Å²) >= 11 is 1.75. The largest absolute Gasteiger partial charge is 0.295 e. The van der Waals surface area contributed by atoms with Crippen LogP contribution in [0.25, 0.3) is 0 Å². The van der Waals surface area contributed by atoms with Crippen molar-refractivity contribution in [3.63, 3.8) is 0 Å². The molecule has 0 fully saturated rings. The SMILES string of the molecule is CC(=O)c1ccc(N=Cc2ccc(Sc3ccc(C)cc3)cc2)cc1. The van der Waals surface area contributed by atoms with Crippen molar-refractivity contribution < 1.29 is 4.79 Å². The molecule has 0 saturated heterocycles. The molecule has 3 aromatic rings. The van der Waals surface area contributed by atoms with Crippen LogP contribution >= 0.6 is 11.8 Å². The normalized spacial score (nSPS) is 11.0. The van der Waals surface area contributed by atoms with Crippen molar-refractivity contribution in [2.75, 3.05) is 0 Å². The van der Waals surface area contributed by atoms with E-state index in [4.69, 9.17) is 0 Å². The monoisotopic (exact) mass is 345 g/mol. The maximum Gasteiger partial charge on any atom is 0.159 e. The van der Waals surface area contributed by atoms with Gasteiger partial charge in [-0.1, -0.05) is 41.6 Å². The molecule has 0 aliphatic carbocycles. The van der Waals surface area contributed by atoms with Crippen LogP contribution in [0.4, 0.5) is 5.69 Å². The Bertz CT molecular complexity index is 879. The van der Waals surface area contributed by atoms with Crippen molar-refractivity contribution >= 4 is 29.4 Å². The number of hydrogen-bond donors (Lipinski definition) is 0. The molecule has 0 unspecified atom stereocenters. The van der Waals surface area contributed by atoms with Gasteiger partial charge in [0.15, 0.2) is 5.78 Å². The third-order valence-electron chi connectivity index (χ3n) is 3.77. The fourth-order valence-electron chi connectivity index (χ4n) is 2.30. The minimum Gasteiger partial charge on any atom is -0.295 e. The third-order valence-corrected chi connectivity index (χ3v) is 4.79. The van der Waals surface area contributed by atoms with Gasteiger partial charge in [-0.2, -0.15) is 0 Å². The predicted octanol–water partition coefficient (Wildman–Crippen LogP) is 6.10. The molecule has 0 aliphatic heterocycles. The van der Waals surface area contributed by atoms with Crippen LogP contribution in [0.2, 0.25) is 0 Å². The van der Waals surface area contributed by atoms with Crippen LogP contribution in [0, 0.1) is 6.92 Å². The summed E-state index contributed by atoms with van der Waals surface area (Å²) in [5, 5.41) is 0. The maximum absolute atomic E-state index is 11.3. The molecule has 2 nitrogen and oxygen atoms in total. The standard InChI is InChI=1S/C22H19NOS/c1-16-3-11-21(12-4-16)25-22-13-5-18(6-14-22)15-23-20-9-7-19(8-10-20)17(2)24/h3-15H,1-2H3. The van der Waals surface area contributed by atoms with Gasteiger partial charge in [-0.3, -0.25) is 9.79 Å². The Labute approximate surface area is 152 Å². The van der Waals surface area contributed by atoms with Gasteiger partial charge in [0.25, 0.3) is 0 Å². The van der Waals surface area contributed by atoms with Gasteiger partial charge < -0.3 is 0 Å². The van der Waals surface area contributed by atoms with Gasteiger partial charge in [0.05, 0.1) is 5.69 Å². The number of carbonyl (C=O) groups is 1. The van der Waals surface area contributed by atoms with Crippen LogP contribution in [-0.2, 0) is 0 Å². The second-order valence-electron chi connectivity index (χ2n) is 5.85. The Morgan fingerprint density at radius 1 is 0.840 bits per heavy atom. The molecule has 3 rings (SSSR count). The van der Waals surface area contributed by atoms with Gasteiger partial charge in [-0.15, -0.1) is 0 Å². The first-order chi connectivity index (χ1) is 12.1. The molecule has 3 heteroatoms. The summed E-state index contributed by atoms with van der Waals surface area (Å²) in [6.07, 6.45) is 1.84. The number of hydrogen-bond acceptors (Lipinski definition) is 3. The molecule has 124 valence electrons. The minimum atomic E-state index is 0.0668. The lowest BCUT2D eigenvalue weighted by atomic mass is 10.1. The third kappa shape index (κ3) is 4.91. The Hall–Kier alpha value is -2.65. The summed E-state index contributed by atoms with van der Waals surface area (Å²) in [7, 11) is 0. The fraction of sp³-hybridized carbons (Fsp3) is 0.0909. The fourth-order valence-corrected chi connectivity index (χ4v) is 3.11. The first kappa shape index (κ1) is 17.2. The quantitative estimate of drug-likeness (QED) is 0.413. The van der Waals surface area contributed by atoms with E-state index in [2.05, 4.69) is 60.4 Å². The molecular formula is C22H19NOS. The first-order valence-electron chi connectivity index (χ1n) is 8.10. The first-order valence-corrected chi connectivity index (χ1v) is 8.91. The number of Topliss-reactive ketones (excluding diaryl/α,β-unsaturated/α-hetero) is 1. The van der Waals surface area contributed by atoms with Gasteiger partial charge >= 0.3 is 0 Å². The maximum atomic E-state index is 11.3. The van der Waals surface area contributed by atoms with Crippen molar-refractivity contribution in [1.29, 1.82) is 0 Å². The lowest BCUT2D eigenvalue weighted by Crippen LogP contribution is -1.89. The highest BCUT2D eigenvalue weighted by Gasteiger charge is 1.99. The Morgan fingerprint density at radius 2 is 1.40 bits per heavy atom. The zero-order valence-corrected chi connectivity index (χ0v) is 15.1. The summed E-state index contributed by atoms with van der Waals surface area (Å²) in [5.74, 6) is 0.0668. The number of aryl methyl sites for hydroxylation is 1. The van der Waals surface area contributed by atoms with E-state index in [0.29, 0.717) is 5.56 Å². The van der Waals surface area contributed by atoms with Gasteiger partial charge in [0.1, 0.15) is 0 Å². The number of benzene rings is 3. The molecule has 0 heterocycles. The van der Waals surface area contributed by atoms with Crippen molar-refractivity contribution in [3.05, 3.63) is 89.5 Å². The molecule has 0 spiro atoms. The Morgan fingerprint density at radius 3 is 1.96 bits per heavy atom. The molecule has 0 N–H and O–H groups in total. The molecule has 0 aliphatic rings. The van der Waals surface area contributed by atoms with Crippen LogP contribution in [-0.4, -0.2) is 12.0 Å². The van der Waals surface area contributed by atoms with Crippen molar-refractivity contribution in [3.8, 4) is 0 Å². The molecule has 0 bridgehead atoms. The lowest BCUT2D eigenvalue weighted by molar-refractivity contribution is 0.101. The Balaban J connectivity index is 1.65. The molecular weight excluding hydrogens is 326 g/mol. The average molecular weight is 345 g/mol. The molecule has 0 atom stereocenters. The van der Waals surface area contributed by atoms with Crippen LogP contribution in [0.5, 0.6) is 0 Å². The second kappa shape index (κ2) is 7.95. The summed E-state index contributed by atoms with van der Waals surface area (Å²) < 4.78 is 0. The zero-order valence-electron chi connectivity index (χ0n) is 14.3. The Kier molecular flexibility index (Phi) is 5.46. The highest BCUT2D eigenvalue weighted by molar-refractivity contribution is 7.99. The van der Waals surface area contributed by atoms with E-state index in [1.165, 1.54) is 15.4 Å². The molecule has 0 aromatic heterocycles. The topological polar surface area (TPSA) is 29.4 Å². The minimum absolute atomic E-state index is 0.0668. The number of nitrogens with zero attached hydrogens (tertiary/aromatic N) is 1. The summed E-state index contributed by atoms with van der Waals surface area (Å²) in [5.41, 5.74) is 3.86. The average Bonchev–Trinajstić information content (AvgIpc) is 2.63. The molecule has 0 amide bonds. The number of aliphatic imine (C=N–C) groups is 1. The van der Waals surface area contributed by atoms with Crippen LogP contribution in [0.3, 0.4) is 0 Å². The lowest BCUT2D eigenvalue weighted by Gasteiger charge is -2.03. The smallest absolute Gasteiger partial charge is 0.159 e.